The summed E-state index contributed by atoms with van der Waals surface area (Å²) in [5, 5.41) is 8.75. The third kappa shape index (κ3) is 7.46. The van der Waals surface area contributed by atoms with E-state index in [1.165, 1.54) is 67.8 Å². The number of aryl methyl sites for hydroxylation is 2. The molecule has 0 fully saturated rings. The van der Waals surface area contributed by atoms with Crippen LogP contribution in [0.15, 0.2) is 109 Å². The molecule has 0 spiro atoms. The molecule has 6 rings (SSSR count). The first-order valence-electron chi connectivity index (χ1n) is 15.9. The summed E-state index contributed by atoms with van der Waals surface area (Å²) in [7, 11) is -2.10. The topological polar surface area (TPSA) is 0 Å². The number of fused-ring (bicyclic) bond motifs is 2. The van der Waals surface area contributed by atoms with Crippen molar-refractivity contribution in [2.75, 3.05) is 0 Å². The minimum atomic E-state index is -2.10. The number of rotatable bonds is 6. The van der Waals surface area contributed by atoms with Gasteiger partial charge in [0, 0.05) is 30.5 Å². The van der Waals surface area contributed by atoms with Gasteiger partial charge in [0.05, 0.1) is 0 Å². The average molecular weight is 674 g/mol. The van der Waals surface area contributed by atoms with Crippen molar-refractivity contribution in [3.8, 4) is 22.3 Å². The summed E-state index contributed by atoms with van der Waals surface area (Å²) < 4.78 is 0. The van der Waals surface area contributed by atoms with Gasteiger partial charge in [0.15, 0.2) is 0 Å². The summed E-state index contributed by atoms with van der Waals surface area (Å²) in [6, 6.07) is 40.2. The second kappa shape index (κ2) is 16.4. The van der Waals surface area contributed by atoms with Gasteiger partial charge in [-0.15, -0.1) is 69.1 Å². The molecule has 0 atom stereocenters. The van der Waals surface area contributed by atoms with Crippen molar-refractivity contribution >= 4 is 40.0 Å². The molecule has 0 saturated heterocycles. The van der Waals surface area contributed by atoms with Gasteiger partial charge in [0.25, 0.3) is 0 Å². The summed E-state index contributed by atoms with van der Waals surface area (Å²) in [5.41, 5.74) is 8.14. The first-order chi connectivity index (χ1) is 20.8. The van der Waals surface area contributed by atoms with Crippen LogP contribution in [-0.4, -0.2) is 8.07 Å². The van der Waals surface area contributed by atoms with Crippen molar-refractivity contribution in [3.05, 3.63) is 134 Å². The van der Waals surface area contributed by atoms with Gasteiger partial charge >= 0.3 is 0 Å². The summed E-state index contributed by atoms with van der Waals surface area (Å²) in [5.74, 6) is 0. The molecule has 0 aromatic heterocycles. The molecule has 6 aromatic rings. The smallest absolute Gasteiger partial charge is 0.00105 e. The number of unbranched alkanes of at least 4 members (excludes halogenated alkanes) is 2. The van der Waals surface area contributed by atoms with Crippen molar-refractivity contribution < 1.29 is 22.4 Å². The van der Waals surface area contributed by atoms with Crippen LogP contribution in [0.3, 0.4) is 0 Å². The van der Waals surface area contributed by atoms with Crippen molar-refractivity contribution in [3.63, 3.8) is 0 Å². The van der Waals surface area contributed by atoms with Gasteiger partial charge in [-0.2, -0.15) is 23.2 Å². The molecule has 44 heavy (non-hydrogen) atoms. The Morgan fingerprint density at radius 3 is 1.20 bits per heavy atom. The molecule has 0 heterocycles. The predicted octanol–water partition coefficient (Wildman–Crippen LogP) is 11.4. The van der Waals surface area contributed by atoms with Gasteiger partial charge < -0.3 is 13.8 Å². The van der Waals surface area contributed by atoms with E-state index < -0.39 is 8.07 Å². The number of benzene rings is 4. The summed E-state index contributed by atoms with van der Waals surface area (Å²) >= 11 is 0. The van der Waals surface area contributed by atoms with E-state index in [4.69, 9.17) is 0 Å². The minimum absolute atomic E-state index is 0. The van der Waals surface area contributed by atoms with Gasteiger partial charge in [-0.05, 0) is 11.1 Å². The molecular weight excluding hydrogens is 625 g/mol. The van der Waals surface area contributed by atoms with E-state index in [9.17, 15) is 0 Å². The molecule has 2 heteroatoms. The second-order valence-electron chi connectivity index (χ2n) is 12.0. The molecule has 0 aliphatic rings. The maximum atomic E-state index is 3.60. The summed E-state index contributed by atoms with van der Waals surface area (Å²) in [4.78, 5) is 0. The summed E-state index contributed by atoms with van der Waals surface area (Å²) in [6.07, 6.45) is 4.56. The van der Waals surface area contributed by atoms with E-state index in [0.29, 0.717) is 0 Å². The molecule has 0 aliphatic heterocycles. The van der Waals surface area contributed by atoms with Crippen LogP contribution < -0.4 is 10.4 Å². The Balaban J connectivity index is 0.000000528. The molecule has 229 valence electrons. The Morgan fingerprint density at radius 2 is 0.886 bits per heavy atom. The minimum Gasteiger partial charge on any atom is -0.343 e. The Labute approximate surface area is 283 Å². The van der Waals surface area contributed by atoms with Gasteiger partial charge in [-0.3, -0.25) is 0 Å². The van der Waals surface area contributed by atoms with E-state index in [-0.39, 0.29) is 22.4 Å². The van der Waals surface area contributed by atoms with Crippen molar-refractivity contribution in [1.82, 2.24) is 0 Å². The zero-order valence-corrected chi connectivity index (χ0v) is 30.8. The number of hydrogen-bond donors (Lipinski definition) is 0. The van der Waals surface area contributed by atoms with Crippen LogP contribution >= 0.6 is 0 Å². The van der Waals surface area contributed by atoms with Gasteiger partial charge in [0.2, 0.25) is 0 Å². The molecule has 1 radical (unpaired) electrons. The Kier molecular flexibility index (Phi) is 13.2. The second-order valence-corrected chi connectivity index (χ2v) is 16.3. The molecule has 0 saturated carbocycles. The average Bonchev–Trinajstić information content (AvgIpc) is 3.58. The maximum absolute atomic E-state index is 3.60. The van der Waals surface area contributed by atoms with E-state index in [1.54, 1.807) is 10.4 Å². The van der Waals surface area contributed by atoms with Gasteiger partial charge in [-0.1, -0.05) is 138 Å². The standard InChI is InChI=1S/C34H30Si.2C4H9.Nb/c1-23-21-27-17-11-19-29(25-13-7-5-8-14-25)31(27)33(23)35(3,4)34-24(2)22-28-18-12-20-30(32(28)34)26-15-9-6-10-16-26;2*1-3-4-2;/h5-22H,1-4H3;2*1,3-4H2,2H3;/q-2;2*-1;. The molecule has 6 aromatic carbocycles. The van der Waals surface area contributed by atoms with E-state index in [2.05, 4.69) is 164 Å². The van der Waals surface area contributed by atoms with E-state index >= 15 is 0 Å². The Morgan fingerprint density at radius 1 is 0.545 bits per heavy atom. The molecule has 0 N–H and O–H groups in total. The van der Waals surface area contributed by atoms with Crippen LogP contribution in [0.4, 0.5) is 0 Å². The Bertz CT molecular complexity index is 1600. The normalized spacial score (nSPS) is 10.9. The first kappa shape index (κ1) is 35.5. The third-order valence-corrected chi connectivity index (χ3v) is 12.1. The third-order valence-electron chi connectivity index (χ3n) is 8.35. The molecule has 0 bridgehead atoms. The fraction of sp³-hybridized carbons (Fsp3) is 0.238. The van der Waals surface area contributed by atoms with Crippen molar-refractivity contribution in [1.29, 1.82) is 0 Å². The van der Waals surface area contributed by atoms with Crippen LogP contribution in [0.1, 0.15) is 50.7 Å². The SMILES string of the molecule is Cc1[cH-]c2cccc(-c3ccccc3)c2c1[Si](C)(C)c1c(C)[cH-]c2cccc(-c3ccccc3)c12.[CH2-]CCC.[CH2-]CCC.[Nb]. The molecule has 0 nitrogen and oxygen atoms in total. The Hall–Kier alpha value is -2.94. The van der Waals surface area contributed by atoms with Gasteiger partial charge in [-0.25, -0.2) is 0 Å². The predicted molar refractivity (Wildman–Crippen MR) is 197 cm³/mol. The van der Waals surface area contributed by atoms with Gasteiger partial charge in [0.1, 0.15) is 0 Å². The maximum Gasteiger partial charge on any atom is 0.00105 e. The summed E-state index contributed by atoms with van der Waals surface area (Å²) in [6.45, 7) is 21.2. The molecule has 0 aliphatic carbocycles. The fourth-order valence-electron chi connectivity index (χ4n) is 6.40. The molecular formula is C42H48NbSi-4. The van der Waals surface area contributed by atoms with Crippen LogP contribution in [-0.2, 0) is 22.4 Å². The largest absolute Gasteiger partial charge is 0.343 e. The van der Waals surface area contributed by atoms with Crippen LogP contribution in [0.2, 0.25) is 13.1 Å². The van der Waals surface area contributed by atoms with E-state index in [1.807, 2.05) is 0 Å². The quantitative estimate of drug-likeness (QED) is 0.122. The van der Waals surface area contributed by atoms with Crippen LogP contribution in [0.25, 0.3) is 43.8 Å². The fourth-order valence-corrected chi connectivity index (χ4v) is 10.6. The van der Waals surface area contributed by atoms with E-state index in [0.717, 1.165) is 12.8 Å². The molecule has 0 unspecified atom stereocenters. The van der Waals surface area contributed by atoms with Crippen LogP contribution in [0, 0.1) is 27.7 Å². The van der Waals surface area contributed by atoms with Crippen LogP contribution in [0.5, 0.6) is 0 Å². The zero-order chi connectivity index (χ0) is 31.0. The van der Waals surface area contributed by atoms with Crippen molar-refractivity contribution in [2.24, 2.45) is 0 Å². The van der Waals surface area contributed by atoms with Crippen molar-refractivity contribution in [2.45, 2.75) is 66.5 Å². The zero-order valence-electron chi connectivity index (χ0n) is 27.6. The number of hydrogen-bond acceptors (Lipinski definition) is 0. The molecule has 0 amide bonds. The monoisotopic (exact) mass is 673 g/mol. The first-order valence-corrected chi connectivity index (χ1v) is 18.9.